The molecule has 0 saturated carbocycles. The number of nitrogens with two attached hydrogens (primary N) is 1. The zero-order chi connectivity index (χ0) is 13.9. The molecule has 0 aliphatic rings. The van der Waals surface area contributed by atoms with Crippen LogP contribution in [0.5, 0.6) is 5.88 Å². The molecule has 0 aromatic carbocycles. The highest BCUT2D eigenvalue weighted by Gasteiger charge is 2.32. The van der Waals surface area contributed by atoms with Crippen LogP contribution in [-0.2, 0) is 11.3 Å². The molecule has 0 atom stereocenters. The number of rotatable bonds is 3. The molecule has 8 heteroatoms. The van der Waals surface area contributed by atoms with Crippen molar-refractivity contribution >= 4 is 5.97 Å². The van der Waals surface area contributed by atoms with Gasteiger partial charge in [0, 0.05) is 18.2 Å². The molecule has 18 heavy (non-hydrogen) atoms. The summed E-state index contributed by atoms with van der Waals surface area (Å²) in [6.45, 7) is 1.45. The van der Waals surface area contributed by atoms with Gasteiger partial charge >= 0.3 is 12.3 Å². The van der Waals surface area contributed by atoms with Crippen LogP contribution in [0, 0.1) is 6.92 Å². The van der Waals surface area contributed by atoms with Gasteiger partial charge in [0.2, 0.25) is 5.88 Å². The minimum Gasteiger partial charge on any atom is -0.464 e. The molecule has 0 amide bonds. The van der Waals surface area contributed by atoms with Crippen molar-refractivity contribution in [2.75, 3.05) is 7.11 Å². The van der Waals surface area contributed by atoms with Gasteiger partial charge in [0.15, 0.2) is 5.69 Å². The molecule has 1 aromatic rings. The first-order valence-electron chi connectivity index (χ1n) is 4.83. The number of aromatic nitrogens is 1. The smallest absolute Gasteiger partial charge is 0.464 e. The lowest BCUT2D eigenvalue weighted by Gasteiger charge is -2.13. The van der Waals surface area contributed by atoms with Crippen LogP contribution in [0.2, 0.25) is 0 Å². The zero-order valence-corrected chi connectivity index (χ0v) is 9.67. The molecule has 5 nitrogen and oxygen atoms in total. The molecule has 2 N–H and O–H groups in total. The van der Waals surface area contributed by atoms with Crippen molar-refractivity contribution in [3.63, 3.8) is 0 Å². The van der Waals surface area contributed by atoms with Crippen molar-refractivity contribution < 1.29 is 27.4 Å². The number of ether oxygens (including phenoxy) is 2. The summed E-state index contributed by atoms with van der Waals surface area (Å²) >= 11 is 0. The van der Waals surface area contributed by atoms with E-state index < -0.39 is 18.2 Å². The summed E-state index contributed by atoms with van der Waals surface area (Å²) in [4.78, 5) is 14.8. The third-order valence-corrected chi connectivity index (χ3v) is 2.13. The largest absolute Gasteiger partial charge is 0.574 e. The summed E-state index contributed by atoms with van der Waals surface area (Å²) < 4.78 is 44.3. The first-order chi connectivity index (χ1) is 8.28. The standard InChI is InChI=1S/C10H11F3N2O3/c1-5-3-7(18-10(11,12)13)15-8(6(5)4-14)9(16)17-2/h3H,4,14H2,1-2H3. The van der Waals surface area contributed by atoms with Crippen LogP contribution in [0.1, 0.15) is 21.6 Å². The lowest BCUT2D eigenvalue weighted by atomic mass is 10.1. The summed E-state index contributed by atoms with van der Waals surface area (Å²) in [6.07, 6.45) is -4.88. The van der Waals surface area contributed by atoms with Crippen LogP contribution in [0.3, 0.4) is 0 Å². The number of aryl methyl sites for hydroxylation is 1. The highest BCUT2D eigenvalue weighted by atomic mass is 19.4. The van der Waals surface area contributed by atoms with E-state index in [0.717, 1.165) is 13.2 Å². The van der Waals surface area contributed by atoms with Crippen molar-refractivity contribution in [2.45, 2.75) is 19.8 Å². The molecule has 0 bridgehead atoms. The van der Waals surface area contributed by atoms with Crippen LogP contribution in [-0.4, -0.2) is 24.4 Å². The van der Waals surface area contributed by atoms with E-state index in [1.165, 1.54) is 6.92 Å². The molecule has 1 heterocycles. The molecule has 0 radical (unpaired) electrons. The van der Waals surface area contributed by atoms with Gasteiger partial charge in [-0.1, -0.05) is 0 Å². The maximum atomic E-state index is 12.1. The number of hydrogen-bond acceptors (Lipinski definition) is 5. The number of carbonyl (C=O) groups is 1. The second-order valence-corrected chi connectivity index (χ2v) is 3.35. The molecular formula is C10H11F3N2O3. The van der Waals surface area contributed by atoms with Gasteiger partial charge in [-0.15, -0.1) is 13.2 Å². The van der Waals surface area contributed by atoms with Crippen LogP contribution >= 0.6 is 0 Å². The third kappa shape index (κ3) is 3.33. The Morgan fingerprint density at radius 2 is 2.11 bits per heavy atom. The van der Waals surface area contributed by atoms with Crippen LogP contribution < -0.4 is 10.5 Å². The van der Waals surface area contributed by atoms with E-state index in [0.29, 0.717) is 11.1 Å². The number of methoxy groups -OCH3 is 1. The first-order valence-corrected chi connectivity index (χ1v) is 4.83. The Hall–Kier alpha value is -1.83. The van der Waals surface area contributed by atoms with E-state index in [4.69, 9.17) is 5.73 Å². The van der Waals surface area contributed by atoms with E-state index >= 15 is 0 Å². The topological polar surface area (TPSA) is 74.4 Å². The van der Waals surface area contributed by atoms with E-state index in [-0.39, 0.29) is 12.2 Å². The van der Waals surface area contributed by atoms with Crippen molar-refractivity contribution in [2.24, 2.45) is 5.73 Å². The van der Waals surface area contributed by atoms with Crippen molar-refractivity contribution in [1.29, 1.82) is 0 Å². The van der Waals surface area contributed by atoms with Gasteiger partial charge in [-0.3, -0.25) is 0 Å². The molecule has 0 saturated heterocycles. The summed E-state index contributed by atoms with van der Waals surface area (Å²) in [6, 6.07) is 1.06. The number of halogens is 3. The second-order valence-electron chi connectivity index (χ2n) is 3.35. The van der Waals surface area contributed by atoms with Crippen LogP contribution in [0.4, 0.5) is 13.2 Å². The highest BCUT2D eigenvalue weighted by Crippen LogP contribution is 2.24. The van der Waals surface area contributed by atoms with Gasteiger partial charge in [0.25, 0.3) is 0 Å². The van der Waals surface area contributed by atoms with Gasteiger partial charge in [-0.25, -0.2) is 9.78 Å². The Labute approximate surface area is 101 Å². The minimum atomic E-state index is -4.88. The van der Waals surface area contributed by atoms with E-state index in [1.54, 1.807) is 0 Å². The molecule has 0 unspecified atom stereocenters. The fourth-order valence-corrected chi connectivity index (χ4v) is 1.36. The van der Waals surface area contributed by atoms with Gasteiger partial charge in [0.05, 0.1) is 7.11 Å². The number of carbonyl (C=O) groups excluding carboxylic acids is 1. The Morgan fingerprint density at radius 3 is 2.56 bits per heavy atom. The maximum absolute atomic E-state index is 12.1. The van der Waals surface area contributed by atoms with Crippen LogP contribution in [0.25, 0.3) is 0 Å². The lowest BCUT2D eigenvalue weighted by Crippen LogP contribution is -2.20. The normalized spacial score (nSPS) is 11.2. The van der Waals surface area contributed by atoms with Gasteiger partial charge in [-0.05, 0) is 12.5 Å². The van der Waals surface area contributed by atoms with Crippen molar-refractivity contribution in [3.8, 4) is 5.88 Å². The molecule has 1 aromatic heterocycles. The molecule has 0 aliphatic heterocycles. The van der Waals surface area contributed by atoms with Crippen molar-refractivity contribution in [3.05, 3.63) is 22.9 Å². The van der Waals surface area contributed by atoms with Gasteiger partial charge in [0.1, 0.15) is 0 Å². The van der Waals surface area contributed by atoms with Crippen LogP contribution in [0.15, 0.2) is 6.07 Å². The van der Waals surface area contributed by atoms with Crippen molar-refractivity contribution in [1.82, 2.24) is 4.98 Å². The van der Waals surface area contributed by atoms with Gasteiger partial charge in [-0.2, -0.15) is 0 Å². The third-order valence-electron chi connectivity index (χ3n) is 2.13. The fourth-order valence-electron chi connectivity index (χ4n) is 1.36. The monoisotopic (exact) mass is 264 g/mol. The lowest BCUT2D eigenvalue weighted by molar-refractivity contribution is -0.276. The summed E-state index contributed by atoms with van der Waals surface area (Å²) in [5.41, 5.74) is 5.82. The number of alkyl halides is 3. The van der Waals surface area contributed by atoms with E-state index in [9.17, 15) is 18.0 Å². The Morgan fingerprint density at radius 1 is 1.50 bits per heavy atom. The Balaban J connectivity index is 3.26. The fraction of sp³-hybridized carbons (Fsp3) is 0.400. The first kappa shape index (κ1) is 14.2. The van der Waals surface area contributed by atoms with E-state index in [2.05, 4.69) is 14.5 Å². The number of esters is 1. The average molecular weight is 264 g/mol. The molecular weight excluding hydrogens is 253 g/mol. The number of pyridine rings is 1. The average Bonchev–Trinajstić information content (AvgIpc) is 2.25. The zero-order valence-electron chi connectivity index (χ0n) is 9.67. The van der Waals surface area contributed by atoms with Gasteiger partial charge < -0.3 is 15.2 Å². The maximum Gasteiger partial charge on any atom is 0.574 e. The SMILES string of the molecule is COC(=O)c1nc(OC(F)(F)F)cc(C)c1CN. The predicted octanol–water partition coefficient (Wildman–Crippen LogP) is 1.53. The summed E-state index contributed by atoms with van der Waals surface area (Å²) in [5, 5.41) is 0. The number of nitrogens with zero attached hydrogens (tertiary/aromatic N) is 1. The molecule has 0 spiro atoms. The predicted molar refractivity (Wildman–Crippen MR) is 54.9 cm³/mol. The summed E-state index contributed by atoms with van der Waals surface area (Å²) in [5.74, 6) is -1.59. The molecule has 100 valence electrons. The molecule has 1 rings (SSSR count). The minimum absolute atomic E-state index is 0.0461. The number of hydrogen-bond donors (Lipinski definition) is 1. The Bertz CT molecular complexity index is 460. The Kier molecular flexibility index (Phi) is 4.12. The van der Waals surface area contributed by atoms with E-state index in [1.807, 2.05) is 0 Å². The summed E-state index contributed by atoms with van der Waals surface area (Å²) in [7, 11) is 1.09. The quantitative estimate of drug-likeness (QED) is 0.838. The molecule has 0 aliphatic carbocycles. The second kappa shape index (κ2) is 5.21. The highest BCUT2D eigenvalue weighted by molar-refractivity contribution is 5.89. The molecule has 0 fully saturated rings.